The van der Waals surface area contributed by atoms with Crippen LogP contribution >= 0.6 is 23.2 Å². The number of ketones is 2. The summed E-state index contributed by atoms with van der Waals surface area (Å²) in [6.07, 6.45) is 0.275. The average Bonchev–Trinajstić information content (AvgIpc) is 2.68. The van der Waals surface area contributed by atoms with Gasteiger partial charge in [0, 0.05) is 12.8 Å². The SMILES string of the molecule is CC(C)(C)CC(=O)c1c(Cl)cccc1C(=O)OOC(=O)c1cccc(Cl)c1C(=O)CC(C)(C)C. The molecule has 0 aliphatic carbocycles. The summed E-state index contributed by atoms with van der Waals surface area (Å²) in [5, 5.41) is 0.167. The Kier molecular flexibility index (Phi) is 8.67. The number of carbonyl (C=O) groups excluding carboxylic acids is 4. The molecular formula is C26H28Cl2O6. The molecule has 2 rings (SSSR count). The van der Waals surface area contributed by atoms with Gasteiger partial charge in [-0.05, 0) is 35.1 Å². The van der Waals surface area contributed by atoms with Crippen molar-refractivity contribution in [3.63, 3.8) is 0 Å². The number of benzene rings is 2. The zero-order chi connectivity index (χ0) is 25.8. The molecule has 0 amide bonds. The Morgan fingerprint density at radius 1 is 0.647 bits per heavy atom. The molecule has 0 saturated carbocycles. The van der Waals surface area contributed by atoms with Gasteiger partial charge in [-0.1, -0.05) is 76.9 Å². The van der Waals surface area contributed by atoms with Crippen molar-refractivity contribution in [2.75, 3.05) is 0 Å². The molecule has 0 atom stereocenters. The first-order chi connectivity index (χ1) is 15.6. The van der Waals surface area contributed by atoms with Gasteiger partial charge in [0.25, 0.3) is 0 Å². The van der Waals surface area contributed by atoms with Crippen molar-refractivity contribution in [1.82, 2.24) is 0 Å². The number of Topliss-reactive ketones (excluding diaryl/α,β-unsaturated/α-hetero) is 2. The molecule has 0 spiro atoms. The quantitative estimate of drug-likeness (QED) is 0.234. The predicted molar refractivity (Wildman–Crippen MR) is 131 cm³/mol. The molecule has 0 fully saturated rings. The molecule has 0 saturated heterocycles. The van der Waals surface area contributed by atoms with Crippen LogP contribution < -0.4 is 0 Å². The van der Waals surface area contributed by atoms with Gasteiger partial charge in [0.05, 0.1) is 32.3 Å². The van der Waals surface area contributed by atoms with Crippen molar-refractivity contribution >= 4 is 46.7 Å². The van der Waals surface area contributed by atoms with Crippen LogP contribution in [0.5, 0.6) is 0 Å². The second-order valence-electron chi connectivity index (χ2n) is 10.4. The van der Waals surface area contributed by atoms with E-state index in [0.29, 0.717) is 0 Å². The highest BCUT2D eigenvalue weighted by Crippen LogP contribution is 2.29. The third kappa shape index (κ3) is 7.40. The minimum atomic E-state index is -1.07. The van der Waals surface area contributed by atoms with Gasteiger partial charge in [-0.3, -0.25) is 9.59 Å². The van der Waals surface area contributed by atoms with E-state index in [0.717, 1.165) is 0 Å². The molecule has 0 unspecified atom stereocenters. The molecule has 2 aromatic carbocycles. The van der Waals surface area contributed by atoms with Crippen LogP contribution in [0.3, 0.4) is 0 Å². The fraction of sp³-hybridized carbons (Fsp3) is 0.385. The monoisotopic (exact) mass is 506 g/mol. The van der Waals surface area contributed by atoms with Crippen LogP contribution in [0.25, 0.3) is 0 Å². The normalized spacial score (nSPS) is 11.6. The topological polar surface area (TPSA) is 86.7 Å². The third-order valence-electron chi connectivity index (χ3n) is 4.60. The number of carbonyl (C=O) groups is 4. The van der Waals surface area contributed by atoms with E-state index in [9.17, 15) is 19.2 Å². The third-order valence-corrected chi connectivity index (χ3v) is 5.23. The first-order valence-corrected chi connectivity index (χ1v) is 11.4. The molecule has 0 aliphatic rings. The Balaban J connectivity index is 2.27. The van der Waals surface area contributed by atoms with Crippen LogP contribution in [-0.4, -0.2) is 23.5 Å². The standard InChI is InChI=1S/C26H28Cl2O6/c1-25(2,3)13-19(29)21-15(9-7-11-17(21)27)23(31)33-34-24(32)16-10-8-12-18(28)22(16)20(30)14-26(4,5)6/h7-12H,13-14H2,1-6H3. The second kappa shape index (κ2) is 10.7. The van der Waals surface area contributed by atoms with Crippen molar-refractivity contribution in [3.05, 3.63) is 68.7 Å². The van der Waals surface area contributed by atoms with Crippen LogP contribution in [-0.2, 0) is 9.78 Å². The van der Waals surface area contributed by atoms with Gasteiger partial charge in [-0.25, -0.2) is 19.4 Å². The summed E-state index contributed by atoms with van der Waals surface area (Å²) in [4.78, 5) is 60.4. The summed E-state index contributed by atoms with van der Waals surface area (Å²) in [6.45, 7) is 11.3. The van der Waals surface area contributed by atoms with Crippen molar-refractivity contribution < 1.29 is 29.0 Å². The molecular weight excluding hydrogens is 479 g/mol. The molecule has 182 valence electrons. The minimum absolute atomic E-state index is 0.0102. The lowest BCUT2D eigenvalue weighted by atomic mass is 9.86. The van der Waals surface area contributed by atoms with Gasteiger partial charge >= 0.3 is 11.9 Å². The van der Waals surface area contributed by atoms with Crippen LogP contribution in [0.2, 0.25) is 10.0 Å². The van der Waals surface area contributed by atoms with Gasteiger partial charge in [0.15, 0.2) is 11.6 Å². The van der Waals surface area contributed by atoms with E-state index in [4.69, 9.17) is 33.0 Å². The van der Waals surface area contributed by atoms with Crippen molar-refractivity contribution in [1.29, 1.82) is 0 Å². The van der Waals surface area contributed by atoms with E-state index in [-0.39, 0.29) is 67.5 Å². The first-order valence-electron chi connectivity index (χ1n) is 10.7. The zero-order valence-corrected chi connectivity index (χ0v) is 21.6. The lowest BCUT2D eigenvalue weighted by Crippen LogP contribution is -2.20. The summed E-state index contributed by atoms with van der Waals surface area (Å²) in [6, 6.07) is 8.65. The highest BCUT2D eigenvalue weighted by Gasteiger charge is 2.28. The fourth-order valence-corrected chi connectivity index (χ4v) is 3.82. The number of hydrogen-bond acceptors (Lipinski definition) is 6. The molecule has 0 N–H and O–H groups in total. The van der Waals surface area contributed by atoms with Crippen LogP contribution in [0, 0.1) is 10.8 Å². The van der Waals surface area contributed by atoms with Gasteiger partial charge in [0.1, 0.15) is 0 Å². The largest absolute Gasteiger partial charge is 0.387 e. The van der Waals surface area contributed by atoms with Gasteiger partial charge < -0.3 is 0 Å². The highest BCUT2D eigenvalue weighted by molar-refractivity contribution is 6.35. The zero-order valence-electron chi connectivity index (χ0n) is 20.1. The fourth-order valence-electron chi connectivity index (χ4n) is 3.26. The van der Waals surface area contributed by atoms with Gasteiger partial charge in [0.2, 0.25) is 0 Å². The molecule has 0 heterocycles. The summed E-state index contributed by atoms with van der Waals surface area (Å²) in [7, 11) is 0. The summed E-state index contributed by atoms with van der Waals surface area (Å²) >= 11 is 12.4. The van der Waals surface area contributed by atoms with Gasteiger partial charge in [-0.15, -0.1) is 0 Å². The van der Waals surface area contributed by atoms with Gasteiger partial charge in [-0.2, -0.15) is 0 Å². The highest BCUT2D eigenvalue weighted by atomic mass is 35.5. The Hall–Kier alpha value is -2.70. The van der Waals surface area contributed by atoms with E-state index in [1.54, 1.807) is 0 Å². The van der Waals surface area contributed by atoms with E-state index in [1.807, 2.05) is 41.5 Å². The van der Waals surface area contributed by atoms with Crippen molar-refractivity contribution in [2.24, 2.45) is 10.8 Å². The molecule has 8 heteroatoms. The first kappa shape index (κ1) is 27.5. The molecule has 34 heavy (non-hydrogen) atoms. The smallest absolute Gasteiger partial charge is 0.294 e. The van der Waals surface area contributed by atoms with Crippen LogP contribution in [0.1, 0.15) is 95.8 Å². The lowest BCUT2D eigenvalue weighted by molar-refractivity contribution is -0.187. The second-order valence-corrected chi connectivity index (χ2v) is 11.2. The molecule has 6 nitrogen and oxygen atoms in total. The van der Waals surface area contributed by atoms with Crippen molar-refractivity contribution in [2.45, 2.75) is 54.4 Å². The molecule has 2 aromatic rings. The van der Waals surface area contributed by atoms with Crippen LogP contribution in [0.15, 0.2) is 36.4 Å². The number of hydrogen-bond donors (Lipinski definition) is 0. The Labute approximate surface area is 209 Å². The molecule has 0 aromatic heterocycles. The maximum absolute atomic E-state index is 12.8. The Morgan fingerprint density at radius 2 is 0.971 bits per heavy atom. The number of rotatable bonds is 6. The lowest BCUT2D eigenvalue weighted by Gasteiger charge is -2.18. The van der Waals surface area contributed by atoms with E-state index in [2.05, 4.69) is 0 Å². The minimum Gasteiger partial charge on any atom is -0.294 e. The number of halogens is 2. The molecule has 0 bridgehead atoms. The van der Waals surface area contributed by atoms with Crippen molar-refractivity contribution in [3.8, 4) is 0 Å². The predicted octanol–water partition coefficient (Wildman–Crippen LogP) is 7.16. The maximum Gasteiger partial charge on any atom is 0.387 e. The van der Waals surface area contributed by atoms with E-state index < -0.39 is 11.9 Å². The summed E-state index contributed by atoms with van der Waals surface area (Å²) in [5.41, 5.74) is -0.971. The molecule has 0 aliphatic heterocycles. The van der Waals surface area contributed by atoms with Crippen LogP contribution in [0.4, 0.5) is 0 Å². The maximum atomic E-state index is 12.8. The summed E-state index contributed by atoms with van der Waals surface area (Å²) < 4.78 is 0. The Bertz CT molecular complexity index is 1030. The van der Waals surface area contributed by atoms with E-state index in [1.165, 1.54) is 36.4 Å². The molecule has 0 radical (unpaired) electrons. The average molecular weight is 507 g/mol. The summed E-state index contributed by atoms with van der Waals surface area (Å²) in [5.74, 6) is -2.84. The van der Waals surface area contributed by atoms with E-state index >= 15 is 0 Å². The Morgan fingerprint density at radius 3 is 1.26 bits per heavy atom.